The summed E-state index contributed by atoms with van der Waals surface area (Å²) in [5.74, 6) is -2.50. The predicted octanol–water partition coefficient (Wildman–Crippen LogP) is 1.46. The Hall–Kier alpha value is -3.49. The van der Waals surface area contributed by atoms with E-state index in [2.05, 4.69) is 0 Å². The number of aryl methyl sites for hydroxylation is 2. The Balaban J connectivity index is 2.14. The van der Waals surface area contributed by atoms with E-state index in [-0.39, 0.29) is 24.3 Å². The monoisotopic (exact) mass is 390 g/mol. The third kappa shape index (κ3) is 5.26. The van der Waals surface area contributed by atoms with Gasteiger partial charge in [0, 0.05) is 24.7 Å². The molecule has 0 radical (unpaired) electrons. The van der Waals surface area contributed by atoms with Crippen molar-refractivity contribution in [2.24, 2.45) is 5.73 Å². The number of nitrogens with two attached hydrogens (primary N) is 1. The summed E-state index contributed by atoms with van der Waals surface area (Å²) in [5.41, 5.74) is 5.26. The SMILES string of the molecule is Cc1cc(=O)oc(C)c1C(=O)OCC(=O)N(CCC(N)=O)c1ccc(F)cc1. The molecule has 9 heteroatoms. The van der Waals surface area contributed by atoms with Gasteiger partial charge in [0.05, 0.1) is 0 Å². The van der Waals surface area contributed by atoms with Crippen LogP contribution in [0.5, 0.6) is 0 Å². The van der Waals surface area contributed by atoms with E-state index in [1.165, 1.54) is 24.0 Å². The van der Waals surface area contributed by atoms with Gasteiger partial charge in [-0.1, -0.05) is 0 Å². The van der Waals surface area contributed by atoms with E-state index in [4.69, 9.17) is 14.9 Å². The molecule has 0 unspecified atom stereocenters. The van der Waals surface area contributed by atoms with E-state index in [0.29, 0.717) is 11.3 Å². The van der Waals surface area contributed by atoms with Gasteiger partial charge in [0.15, 0.2) is 6.61 Å². The van der Waals surface area contributed by atoms with Crippen LogP contribution in [-0.4, -0.2) is 30.9 Å². The second-order valence-corrected chi connectivity index (χ2v) is 5.99. The van der Waals surface area contributed by atoms with Crippen LogP contribution in [0.15, 0.2) is 39.5 Å². The summed E-state index contributed by atoms with van der Waals surface area (Å²) in [6, 6.07) is 6.17. The van der Waals surface area contributed by atoms with Crippen molar-refractivity contribution in [1.82, 2.24) is 0 Å². The average molecular weight is 390 g/mol. The molecule has 1 heterocycles. The fourth-order valence-corrected chi connectivity index (χ4v) is 2.58. The number of hydrogen-bond acceptors (Lipinski definition) is 6. The number of carbonyl (C=O) groups is 3. The van der Waals surface area contributed by atoms with Crippen LogP contribution < -0.4 is 16.3 Å². The van der Waals surface area contributed by atoms with Crippen LogP contribution in [0.2, 0.25) is 0 Å². The highest BCUT2D eigenvalue weighted by atomic mass is 19.1. The Morgan fingerprint density at radius 1 is 1.18 bits per heavy atom. The molecule has 0 atom stereocenters. The largest absolute Gasteiger partial charge is 0.452 e. The second-order valence-electron chi connectivity index (χ2n) is 5.99. The normalized spacial score (nSPS) is 10.4. The van der Waals surface area contributed by atoms with Crippen LogP contribution in [0.3, 0.4) is 0 Å². The van der Waals surface area contributed by atoms with Gasteiger partial charge in [0.1, 0.15) is 17.1 Å². The number of hydrogen-bond donors (Lipinski definition) is 1. The van der Waals surface area contributed by atoms with E-state index in [1.54, 1.807) is 6.92 Å². The van der Waals surface area contributed by atoms with Crippen molar-refractivity contribution >= 4 is 23.5 Å². The Bertz CT molecular complexity index is 926. The third-order valence-corrected chi connectivity index (χ3v) is 3.89. The maximum atomic E-state index is 13.1. The smallest absolute Gasteiger partial charge is 0.342 e. The molecule has 2 rings (SSSR count). The Labute approximate surface area is 159 Å². The number of esters is 1. The summed E-state index contributed by atoms with van der Waals surface area (Å²) in [5, 5.41) is 0. The van der Waals surface area contributed by atoms with Gasteiger partial charge in [0.25, 0.3) is 5.91 Å². The van der Waals surface area contributed by atoms with E-state index < -0.39 is 35.8 Å². The molecular formula is C19H19FN2O6. The van der Waals surface area contributed by atoms with Gasteiger partial charge >= 0.3 is 11.6 Å². The van der Waals surface area contributed by atoms with Crippen LogP contribution in [0, 0.1) is 19.7 Å². The van der Waals surface area contributed by atoms with E-state index in [0.717, 1.165) is 18.2 Å². The second kappa shape index (κ2) is 8.94. The zero-order valence-corrected chi connectivity index (χ0v) is 15.4. The highest BCUT2D eigenvalue weighted by Gasteiger charge is 2.21. The standard InChI is InChI=1S/C19H19FN2O6/c1-11-9-17(25)28-12(2)18(11)19(26)27-10-16(24)22(8-7-15(21)23)14-5-3-13(20)4-6-14/h3-6,9H,7-8,10H2,1-2H3,(H2,21,23). The van der Waals surface area contributed by atoms with Gasteiger partial charge in [-0.05, 0) is 43.7 Å². The molecule has 2 N–H and O–H groups in total. The van der Waals surface area contributed by atoms with Crippen molar-refractivity contribution < 1.29 is 27.9 Å². The minimum Gasteiger partial charge on any atom is -0.452 e. The quantitative estimate of drug-likeness (QED) is 0.715. The topological polar surface area (TPSA) is 120 Å². The first-order valence-corrected chi connectivity index (χ1v) is 8.31. The molecule has 8 nitrogen and oxygen atoms in total. The minimum atomic E-state index is -0.832. The number of halogens is 1. The summed E-state index contributed by atoms with van der Waals surface area (Å²) >= 11 is 0. The molecule has 0 fully saturated rings. The van der Waals surface area contributed by atoms with Gasteiger partial charge in [-0.25, -0.2) is 14.0 Å². The lowest BCUT2D eigenvalue weighted by Gasteiger charge is -2.22. The first kappa shape index (κ1) is 20.8. The van der Waals surface area contributed by atoms with Crippen molar-refractivity contribution in [1.29, 1.82) is 0 Å². The van der Waals surface area contributed by atoms with Gasteiger partial charge in [-0.3, -0.25) is 9.59 Å². The molecule has 0 aliphatic rings. The first-order valence-electron chi connectivity index (χ1n) is 8.31. The van der Waals surface area contributed by atoms with Crippen LogP contribution in [0.25, 0.3) is 0 Å². The number of ether oxygens (including phenoxy) is 1. The van der Waals surface area contributed by atoms with Crippen molar-refractivity contribution in [3.63, 3.8) is 0 Å². The lowest BCUT2D eigenvalue weighted by atomic mass is 10.1. The summed E-state index contributed by atoms with van der Waals surface area (Å²) in [6.45, 7) is 2.28. The molecule has 0 saturated heterocycles. The van der Waals surface area contributed by atoms with Gasteiger partial charge in [-0.2, -0.15) is 0 Å². The van der Waals surface area contributed by atoms with Crippen LogP contribution in [0.4, 0.5) is 10.1 Å². The number of amides is 2. The Morgan fingerprint density at radius 3 is 2.39 bits per heavy atom. The fraction of sp³-hybridized carbons (Fsp3) is 0.263. The molecule has 0 aliphatic heterocycles. The van der Waals surface area contributed by atoms with Crippen molar-refractivity contribution in [3.05, 3.63) is 63.5 Å². The van der Waals surface area contributed by atoms with Crippen molar-refractivity contribution in [3.8, 4) is 0 Å². The van der Waals surface area contributed by atoms with E-state index in [1.807, 2.05) is 0 Å². The molecule has 0 spiro atoms. The fourth-order valence-electron chi connectivity index (χ4n) is 2.58. The number of rotatable bonds is 7. The van der Waals surface area contributed by atoms with Crippen LogP contribution in [-0.2, 0) is 14.3 Å². The third-order valence-electron chi connectivity index (χ3n) is 3.89. The van der Waals surface area contributed by atoms with E-state index in [9.17, 15) is 23.6 Å². The molecule has 0 saturated carbocycles. The van der Waals surface area contributed by atoms with Crippen molar-refractivity contribution in [2.75, 3.05) is 18.1 Å². The highest BCUT2D eigenvalue weighted by Crippen LogP contribution is 2.17. The minimum absolute atomic E-state index is 0.0536. The molecule has 148 valence electrons. The molecule has 2 aromatic rings. The lowest BCUT2D eigenvalue weighted by Crippen LogP contribution is -2.37. The van der Waals surface area contributed by atoms with Crippen LogP contribution in [0.1, 0.15) is 28.1 Å². The molecule has 0 bridgehead atoms. The average Bonchev–Trinajstić information content (AvgIpc) is 2.60. The van der Waals surface area contributed by atoms with E-state index >= 15 is 0 Å². The Morgan fingerprint density at radius 2 is 1.82 bits per heavy atom. The summed E-state index contributed by atoms with van der Waals surface area (Å²) in [6.07, 6.45) is -0.126. The maximum absolute atomic E-state index is 13.1. The number of benzene rings is 1. The van der Waals surface area contributed by atoms with Crippen molar-refractivity contribution in [2.45, 2.75) is 20.3 Å². The summed E-state index contributed by atoms with van der Waals surface area (Å²) in [7, 11) is 0. The maximum Gasteiger partial charge on any atom is 0.342 e. The zero-order valence-electron chi connectivity index (χ0n) is 15.4. The van der Waals surface area contributed by atoms with Gasteiger partial charge in [0.2, 0.25) is 5.91 Å². The number of carbonyl (C=O) groups excluding carboxylic acids is 3. The van der Waals surface area contributed by atoms with Gasteiger partial charge < -0.3 is 19.8 Å². The van der Waals surface area contributed by atoms with Gasteiger partial charge in [-0.15, -0.1) is 0 Å². The number of anilines is 1. The first-order chi connectivity index (χ1) is 13.2. The Kier molecular flexibility index (Phi) is 6.64. The molecule has 2 amide bonds. The molecule has 1 aromatic heterocycles. The molecule has 28 heavy (non-hydrogen) atoms. The summed E-state index contributed by atoms with van der Waals surface area (Å²) < 4.78 is 23.0. The highest BCUT2D eigenvalue weighted by molar-refractivity contribution is 5.98. The molecule has 0 aliphatic carbocycles. The summed E-state index contributed by atoms with van der Waals surface area (Å²) in [4.78, 5) is 48.4. The predicted molar refractivity (Wildman–Crippen MR) is 97.3 cm³/mol. The number of nitrogens with zero attached hydrogens (tertiary/aromatic N) is 1. The molecular weight excluding hydrogens is 371 g/mol. The van der Waals surface area contributed by atoms with Crippen LogP contribution >= 0.6 is 0 Å². The molecule has 1 aromatic carbocycles. The number of primary amides is 1. The zero-order chi connectivity index (χ0) is 20.8. The lowest BCUT2D eigenvalue weighted by molar-refractivity contribution is -0.121.